The number of carbonyl (C=O) groups is 1. The topological polar surface area (TPSA) is 71.0 Å². The van der Waals surface area contributed by atoms with Crippen molar-refractivity contribution < 1.29 is 18.7 Å². The molecule has 3 aliphatic heterocycles. The van der Waals surface area contributed by atoms with Gasteiger partial charge < -0.3 is 24.2 Å². The van der Waals surface area contributed by atoms with Gasteiger partial charge in [-0.25, -0.2) is 9.18 Å². The summed E-state index contributed by atoms with van der Waals surface area (Å²) < 4.78 is 27.3. The number of hydrogen-bond donors (Lipinski definition) is 0. The van der Waals surface area contributed by atoms with E-state index in [0.29, 0.717) is 30.3 Å². The summed E-state index contributed by atoms with van der Waals surface area (Å²) in [4.78, 5) is 28.1. The molecule has 39 heavy (non-hydrogen) atoms. The zero-order valence-electron chi connectivity index (χ0n) is 23.4. The molecule has 4 heterocycles. The monoisotopic (exact) mass is 625 g/mol. The molecule has 11 heteroatoms. The Morgan fingerprint density at radius 3 is 2.38 bits per heavy atom. The Morgan fingerprint density at radius 2 is 1.79 bits per heavy atom. The molecule has 1 aromatic heterocycles. The van der Waals surface area contributed by atoms with Crippen molar-refractivity contribution in [1.82, 2.24) is 19.8 Å². The molecule has 8 nitrogen and oxygen atoms in total. The van der Waals surface area contributed by atoms with Gasteiger partial charge in [-0.1, -0.05) is 11.6 Å². The van der Waals surface area contributed by atoms with Crippen molar-refractivity contribution in [2.45, 2.75) is 78.0 Å². The molecule has 0 N–H and O–H groups in total. The third kappa shape index (κ3) is 6.07. The Morgan fingerprint density at radius 1 is 1.15 bits per heavy atom. The van der Waals surface area contributed by atoms with E-state index in [4.69, 9.17) is 26.1 Å². The van der Waals surface area contributed by atoms with Crippen LogP contribution in [0.25, 0.3) is 10.9 Å². The molecule has 1 amide bonds. The maximum absolute atomic E-state index is 15.4. The highest BCUT2D eigenvalue weighted by Gasteiger charge is 2.48. The van der Waals surface area contributed by atoms with Crippen molar-refractivity contribution in [2.24, 2.45) is 5.41 Å². The average Bonchev–Trinajstić information content (AvgIpc) is 2.85. The second kappa shape index (κ2) is 10.8. The van der Waals surface area contributed by atoms with Crippen LogP contribution in [-0.2, 0) is 4.74 Å². The first kappa shape index (κ1) is 28.6. The van der Waals surface area contributed by atoms with Gasteiger partial charge in [0.15, 0.2) is 5.82 Å². The maximum Gasteiger partial charge on any atom is 0.410 e. The van der Waals surface area contributed by atoms with Gasteiger partial charge in [0.25, 0.3) is 0 Å². The standard InChI is InChI=1S/C28H38BrClFN5O3/c1-17(2)34-10-6-18(7-11-34)38-25-32-23-19(14-20(30)21(29)22(23)31)24(33-25)35-12-8-28(9-13-35)15-36(16-28)26(37)39-27(3,4)5/h14,17-18H,6-13,15-16H2,1-5H3. The molecule has 214 valence electrons. The fraction of sp³-hybridized carbons (Fsp3) is 0.679. The highest BCUT2D eigenvalue weighted by Crippen LogP contribution is 2.43. The van der Waals surface area contributed by atoms with Crippen LogP contribution in [0.15, 0.2) is 10.5 Å². The number of nitrogens with zero attached hydrogens (tertiary/aromatic N) is 5. The third-order valence-corrected chi connectivity index (χ3v) is 9.39. The number of fused-ring (bicyclic) bond motifs is 1. The van der Waals surface area contributed by atoms with E-state index in [1.165, 1.54) is 0 Å². The van der Waals surface area contributed by atoms with Gasteiger partial charge in [0.05, 0.1) is 9.50 Å². The lowest BCUT2D eigenvalue weighted by molar-refractivity contribution is -0.0434. The second-order valence-electron chi connectivity index (χ2n) is 12.5. The third-order valence-electron chi connectivity index (χ3n) is 8.09. The van der Waals surface area contributed by atoms with Gasteiger partial charge in [-0.3, -0.25) is 0 Å². The molecule has 0 radical (unpaired) electrons. The smallest absolute Gasteiger partial charge is 0.410 e. The van der Waals surface area contributed by atoms with Crippen LogP contribution in [0.4, 0.5) is 15.0 Å². The number of rotatable bonds is 4. The lowest BCUT2D eigenvalue weighted by Crippen LogP contribution is -2.62. The number of aromatic nitrogens is 2. The van der Waals surface area contributed by atoms with E-state index in [9.17, 15) is 4.79 Å². The minimum atomic E-state index is -0.513. The Hall–Kier alpha value is -1.91. The zero-order valence-corrected chi connectivity index (χ0v) is 25.7. The molecule has 0 atom stereocenters. The van der Waals surface area contributed by atoms with Crippen LogP contribution in [0.3, 0.4) is 0 Å². The van der Waals surface area contributed by atoms with E-state index in [1.54, 1.807) is 11.0 Å². The molecule has 3 saturated heterocycles. The lowest BCUT2D eigenvalue weighted by Gasteiger charge is -2.53. The SMILES string of the molecule is CC(C)N1CCC(Oc2nc(N3CCC4(CC3)CN(C(=O)OC(C)(C)C)C4)c3cc(Cl)c(Br)c(F)c3n2)CC1. The van der Waals surface area contributed by atoms with Crippen LogP contribution in [0, 0.1) is 11.2 Å². The van der Waals surface area contributed by atoms with Crippen LogP contribution in [-0.4, -0.2) is 82.9 Å². The summed E-state index contributed by atoms with van der Waals surface area (Å²) >= 11 is 9.62. The number of halogens is 3. The highest BCUT2D eigenvalue weighted by molar-refractivity contribution is 9.10. The number of ether oxygens (including phenoxy) is 2. The molecule has 1 spiro atoms. The Bertz CT molecular complexity index is 1230. The minimum Gasteiger partial charge on any atom is -0.460 e. The van der Waals surface area contributed by atoms with E-state index in [-0.39, 0.29) is 38.6 Å². The largest absolute Gasteiger partial charge is 0.460 e. The van der Waals surface area contributed by atoms with Crippen LogP contribution < -0.4 is 9.64 Å². The van der Waals surface area contributed by atoms with E-state index in [0.717, 1.165) is 51.9 Å². The zero-order chi connectivity index (χ0) is 28.1. The quantitative estimate of drug-likeness (QED) is 0.370. The fourth-order valence-electron chi connectivity index (χ4n) is 5.82. The predicted molar refractivity (Wildman–Crippen MR) is 154 cm³/mol. The molecule has 2 aromatic rings. The van der Waals surface area contributed by atoms with E-state index < -0.39 is 11.4 Å². The van der Waals surface area contributed by atoms with E-state index in [1.807, 2.05) is 20.8 Å². The number of carbonyl (C=O) groups excluding carboxylic acids is 1. The van der Waals surface area contributed by atoms with E-state index in [2.05, 4.69) is 44.6 Å². The number of amides is 1. The summed E-state index contributed by atoms with van der Waals surface area (Å²) in [5.41, 5.74) is -0.231. The Balaban J connectivity index is 1.33. The van der Waals surface area contributed by atoms with Crippen LogP contribution in [0.1, 0.15) is 60.3 Å². The van der Waals surface area contributed by atoms with Gasteiger partial charge in [-0.2, -0.15) is 9.97 Å². The molecule has 3 aliphatic rings. The first-order valence-electron chi connectivity index (χ1n) is 13.8. The number of piperidine rings is 2. The summed E-state index contributed by atoms with van der Waals surface area (Å²) in [6.07, 6.45) is 3.28. The first-order chi connectivity index (χ1) is 18.3. The normalized spacial score (nSPS) is 20.5. The summed E-state index contributed by atoms with van der Waals surface area (Å²) in [5, 5.41) is 0.850. The molecule has 0 bridgehead atoms. The van der Waals surface area contributed by atoms with Gasteiger partial charge in [-0.15, -0.1) is 0 Å². The van der Waals surface area contributed by atoms with Gasteiger partial charge >= 0.3 is 12.1 Å². The molecular weight excluding hydrogens is 589 g/mol. The number of benzene rings is 1. The molecule has 0 aliphatic carbocycles. The summed E-state index contributed by atoms with van der Waals surface area (Å²) in [5.74, 6) is 0.127. The summed E-state index contributed by atoms with van der Waals surface area (Å²) in [6.45, 7) is 14.8. The first-order valence-corrected chi connectivity index (χ1v) is 15.0. The van der Waals surface area contributed by atoms with Crippen molar-refractivity contribution in [1.29, 1.82) is 0 Å². The summed E-state index contributed by atoms with van der Waals surface area (Å²) in [6, 6.07) is 2.43. The average molecular weight is 627 g/mol. The number of anilines is 1. The van der Waals surface area contributed by atoms with Crippen molar-refractivity contribution in [3.8, 4) is 6.01 Å². The van der Waals surface area contributed by atoms with Gasteiger partial charge in [0, 0.05) is 56.1 Å². The Kier molecular flexibility index (Phi) is 7.94. The minimum absolute atomic E-state index is 0.0115. The summed E-state index contributed by atoms with van der Waals surface area (Å²) in [7, 11) is 0. The predicted octanol–water partition coefficient (Wildman–Crippen LogP) is 6.27. The molecule has 0 saturated carbocycles. The lowest BCUT2D eigenvalue weighted by atomic mass is 9.72. The maximum atomic E-state index is 15.4. The number of hydrogen-bond acceptors (Lipinski definition) is 7. The van der Waals surface area contributed by atoms with Crippen molar-refractivity contribution in [3.05, 3.63) is 21.4 Å². The molecule has 1 aromatic carbocycles. The van der Waals surface area contributed by atoms with Gasteiger partial charge in [0.1, 0.15) is 23.0 Å². The van der Waals surface area contributed by atoms with Crippen LogP contribution in [0.5, 0.6) is 6.01 Å². The van der Waals surface area contributed by atoms with Gasteiger partial charge in [0.2, 0.25) is 0 Å². The van der Waals surface area contributed by atoms with Crippen molar-refractivity contribution >= 4 is 50.3 Å². The van der Waals surface area contributed by atoms with E-state index >= 15 is 4.39 Å². The molecule has 0 unspecified atom stereocenters. The van der Waals surface area contributed by atoms with Crippen LogP contribution >= 0.6 is 27.5 Å². The van der Waals surface area contributed by atoms with Crippen LogP contribution in [0.2, 0.25) is 5.02 Å². The van der Waals surface area contributed by atoms with Crippen molar-refractivity contribution in [2.75, 3.05) is 44.2 Å². The van der Waals surface area contributed by atoms with Gasteiger partial charge in [-0.05, 0) is 82.3 Å². The number of likely N-dealkylation sites (tertiary alicyclic amines) is 2. The molecule has 3 fully saturated rings. The fourth-order valence-corrected chi connectivity index (χ4v) is 6.31. The van der Waals surface area contributed by atoms with Crippen molar-refractivity contribution in [3.63, 3.8) is 0 Å². The second-order valence-corrected chi connectivity index (χ2v) is 13.7. The molecular formula is C28H38BrClFN5O3. The Labute approximate surface area is 243 Å². The molecule has 5 rings (SSSR count). The highest BCUT2D eigenvalue weighted by atomic mass is 79.9.